The minimum Gasteiger partial charge on any atom is -0.370 e. The summed E-state index contributed by atoms with van der Waals surface area (Å²) < 4.78 is 1.58. The highest BCUT2D eigenvalue weighted by Crippen LogP contribution is 2.27. The maximum absolute atomic E-state index is 12.3. The van der Waals surface area contributed by atoms with Gasteiger partial charge in [0.1, 0.15) is 0 Å². The molecule has 1 atom stereocenters. The summed E-state index contributed by atoms with van der Waals surface area (Å²) in [4.78, 5) is 14.6. The second-order valence-electron chi connectivity index (χ2n) is 7.03. The van der Waals surface area contributed by atoms with Gasteiger partial charge < -0.3 is 4.90 Å². The van der Waals surface area contributed by atoms with Crippen molar-refractivity contribution in [2.75, 3.05) is 23.7 Å². The third-order valence-corrected chi connectivity index (χ3v) is 4.86. The highest BCUT2D eigenvalue weighted by atomic mass is 32.1. The summed E-state index contributed by atoms with van der Waals surface area (Å²) in [7, 11) is 0. The van der Waals surface area contributed by atoms with Crippen LogP contribution in [0.5, 0.6) is 0 Å². The van der Waals surface area contributed by atoms with E-state index in [1.165, 1.54) is 19.3 Å². The molecule has 0 amide bonds. The largest absolute Gasteiger partial charge is 0.370 e. The molecule has 4 nitrogen and oxygen atoms in total. The second-order valence-corrected chi connectivity index (χ2v) is 7.39. The van der Waals surface area contributed by atoms with E-state index in [1.54, 1.807) is 10.7 Å². The van der Waals surface area contributed by atoms with Gasteiger partial charge in [0.2, 0.25) is 0 Å². The Balaban J connectivity index is 2.13. The molecule has 0 aliphatic carbocycles. The van der Waals surface area contributed by atoms with E-state index in [1.807, 2.05) is 6.20 Å². The Bertz CT molecular complexity index is 515. The van der Waals surface area contributed by atoms with Crippen LogP contribution in [0.15, 0.2) is 17.1 Å². The molecule has 1 saturated heterocycles. The van der Waals surface area contributed by atoms with Crippen LogP contribution in [0.4, 0.5) is 5.69 Å². The van der Waals surface area contributed by atoms with Crippen LogP contribution in [0.2, 0.25) is 0 Å². The minimum absolute atomic E-state index is 0.00546. The molecule has 5 heteroatoms. The van der Waals surface area contributed by atoms with Gasteiger partial charge in [-0.3, -0.25) is 4.79 Å². The fraction of sp³-hybridized carbons (Fsp3) is 0.750. The zero-order valence-electron chi connectivity index (χ0n) is 13.4. The second kappa shape index (κ2) is 6.86. The van der Waals surface area contributed by atoms with Crippen molar-refractivity contribution in [3.63, 3.8) is 0 Å². The third-order valence-electron chi connectivity index (χ3n) is 4.41. The maximum Gasteiger partial charge on any atom is 0.268 e. The number of aromatic nitrogens is 2. The lowest BCUT2D eigenvalue weighted by Crippen LogP contribution is -2.35. The minimum atomic E-state index is -0.00546. The number of anilines is 1. The van der Waals surface area contributed by atoms with E-state index >= 15 is 0 Å². The van der Waals surface area contributed by atoms with E-state index in [0.717, 1.165) is 24.5 Å². The van der Waals surface area contributed by atoms with E-state index in [0.29, 0.717) is 12.5 Å². The Hall–Kier alpha value is -0.970. The van der Waals surface area contributed by atoms with Crippen molar-refractivity contribution in [2.45, 2.75) is 46.6 Å². The predicted octanol–water partition coefficient (Wildman–Crippen LogP) is 2.83. The molecule has 2 rings (SSSR count). The number of hydrogen-bond donors (Lipinski definition) is 1. The average Bonchev–Trinajstić information content (AvgIpc) is 2.45. The van der Waals surface area contributed by atoms with Gasteiger partial charge in [-0.25, -0.2) is 4.68 Å². The van der Waals surface area contributed by atoms with Crippen molar-refractivity contribution in [1.82, 2.24) is 9.78 Å². The molecule has 0 radical (unpaired) electrons. The van der Waals surface area contributed by atoms with Crippen molar-refractivity contribution >= 4 is 18.3 Å². The molecular formula is C16H27N3OS. The van der Waals surface area contributed by atoms with Crippen LogP contribution in [-0.2, 0) is 6.54 Å². The van der Waals surface area contributed by atoms with Gasteiger partial charge in [-0.15, -0.1) is 0 Å². The Morgan fingerprint density at radius 2 is 1.95 bits per heavy atom. The van der Waals surface area contributed by atoms with E-state index in [2.05, 4.69) is 43.4 Å². The summed E-state index contributed by atoms with van der Waals surface area (Å²) in [5, 5.41) is 4.38. The van der Waals surface area contributed by atoms with Gasteiger partial charge in [-0.2, -0.15) is 17.7 Å². The molecule has 0 saturated carbocycles. The normalized spacial score (nSPS) is 17.8. The zero-order chi connectivity index (χ0) is 15.5. The lowest BCUT2D eigenvalue weighted by molar-refractivity contribution is 0.227. The van der Waals surface area contributed by atoms with Gasteiger partial charge >= 0.3 is 0 Å². The van der Waals surface area contributed by atoms with Gasteiger partial charge in [0, 0.05) is 25.7 Å². The fourth-order valence-electron chi connectivity index (χ4n) is 2.70. The smallest absolute Gasteiger partial charge is 0.268 e. The summed E-state index contributed by atoms with van der Waals surface area (Å²) in [5.41, 5.74) is 1.08. The Morgan fingerprint density at radius 3 is 2.48 bits per heavy atom. The van der Waals surface area contributed by atoms with Crippen molar-refractivity contribution in [1.29, 1.82) is 0 Å². The van der Waals surface area contributed by atoms with Gasteiger partial charge in [-0.05, 0) is 36.3 Å². The first-order valence-corrected chi connectivity index (χ1v) is 8.48. The van der Waals surface area contributed by atoms with Gasteiger partial charge in [0.25, 0.3) is 5.56 Å². The molecule has 1 aliphatic rings. The van der Waals surface area contributed by atoms with E-state index in [9.17, 15) is 4.79 Å². The number of rotatable bonds is 4. The van der Waals surface area contributed by atoms with Crippen molar-refractivity contribution < 1.29 is 0 Å². The highest BCUT2D eigenvalue weighted by Gasteiger charge is 2.24. The first-order valence-electron chi connectivity index (χ1n) is 7.85. The molecule has 2 heterocycles. The molecule has 0 spiro atoms. The summed E-state index contributed by atoms with van der Waals surface area (Å²) in [6, 6.07) is 1.73. The SMILES string of the molecule is CC(C)(C)C(CS)Cn1ncc(N2CCCCC2)cc1=O. The molecule has 21 heavy (non-hydrogen) atoms. The Morgan fingerprint density at radius 1 is 1.29 bits per heavy atom. The first kappa shape index (κ1) is 16.4. The molecule has 1 aromatic rings. The maximum atomic E-state index is 12.3. The molecule has 1 aromatic heterocycles. The molecular weight excluding hydrogens is 282 g/mol. The molecule has 0 N–H and O–H groups in total. The summed E-state index contributed by atoms with van der Waals surface area (Å²) in [6.45, 7) is 9.24. The van der Waals surface area contributed by atoms with E-state index in [4.69, 9.17) is 0 Å². The van der Waals surface area contributed by atoms with E-state index in [-0.39, 0.29) is 11.0 Å². The topological polar surface area (TPSA) is 38.1 Å². The highest BCUT2D eigenvalue weighted by molar-refractivity contribution is 7.80. The quantitative estimate of drug-likeness (QED) is 0.869. The average molecular weight is 309 g/mol. The summed E-state index contributed by atoms with van der Waals surface area (Å²) >= 11 is 4.43. The van der Waals surface area contributed by atoms with Crippen LogP contribution in [-0.4, -0.2) is 28.6 Å². The van der Waals surface area contributed by atoms with Crippen LogP contribution in [0, 0.1) is 11.3 Å². The Kier molecular flexibility index (Phi) is 5.36. The fourth-order valence-corrected chi connectivity index (χ4v) is 3.36. The standard InChI is InChI=1S/C16H27N3OS/c1-16(2,3)13(12-21)11-19-15(20)9-14(10-17-19)18-7-5-4-6-8-18/h9-10,13,21H,4-8,11-12H2,1-3H3. The summed E-state index contributed by atoms with van der Waals surface area (Å²) in [6.07, 6.45) is 5.53. The van der Waals surface area contributed by atoms with E-state index < -0.39 is 0 Å². The third kappa shape index (κ3) is 4.25. The molecule has 1 fully saturated rings. The number of nitrogens with zero attached hydrogens (tertiary/aromatic N) is 3. The van der Waals surface area contributed by atoms with Crippen LogP contribution in [0.1, 0.15) is 40.0 Å². The number of piperidine rings is 1. The number of thiol groups is 1. The Labute approximate surface area is 132 Å². The molecule has 1 aliphatic heterocycles. The van der Waals surface area contributed by atoms with Gasteiger partial charge in [-0.1, -0.05) is 20.8 Å². The first-order chi connectivity index (χ1) is 9.91. The van der Waals surface area contributed by atoms with Crippen molar-refractivity contribution in [3.05, 3.63) is 22.6 Å². The van der Waals surface area contributed by atoms with Crippen molar-refractivity contribution in [2.24, 2.45) is 11.3 Å². The zero-order valence-corrected chi connectivity index (χ0v) is 14.3. The monoisotopic (exact) mass is 309 g/mol. The van der Waals surface area contributed by atoms with Crippen LogP contribution in [0.3, 0.4) is 0 Å². The lowest BCUT2D eigenvalue weighted by Gasteiger charge is -2.30. The van der Waals surface area contributed by atoms with Crippen LogP contribution >= 0.6 is 12.6 Å². The lowest BCUT2D eigenvalue weighted by atomic mass is 9.82. The molecule has 118 valence electrons. The van der Waals surface area contributed by atoms with Gasteiger partial charge in [0.15, 0.2) is 0 Å². The summed E-state index contributed by atoms with van der Waals surface area (Å²) in [5.74, 6) is 1.08. The number of hydrogen-bond acceptors (Lipinski definition) is 4. The van der Waals surface area contributed by atoms with Crippen LogP contribution in [0.25, 0.3) is 0 Å². The molecule has 0 bridgehead atoms. The van der Waals surface area contributed by atoms with Crippen molar-refractivity contribution in [3.8, 4) is 0 Å². The predicted molar refractivity (Wildman–Crippen MR) is 91.4 cm³/mol. The van der Waals surface area contributed by atoms with Gasteiger partial charge in [0.05, 0.1) is 11.9 Å². The molecule has 1 unspecified atom stereocenters. The van der Waals surface area contributed by atoms with Crippen LogP contribution < -0.4 is 10.5 Å². The molecule has 0 aromatic carbocycles.